The average molecular weight is 368 g/mol. The number of ether oxygens (including phenoxy) is 1. The van der Waals surface area contributed by atoms with Gasteiger partial charge in [0.15, 0.2) is 0 Å². The highest BCUT2D eigenvalue weighted by Gasteiger charge is 2.22. The van der Waals surface area contributed by atoms with E-state index < -0.39 is 10.0 Å². The van der Waals surface area contributed by atoms with Gasteiger partial charge in [-0.05, 0) is 48.9 Å². The third-order valence-electron chi connectivity index (χ3n) is 4.65. The number of sulfonamides is 1. The van der Waals surface area contributed by atoms with Gasteiger partial charge in [-0.2, -0.15) is 0 Å². The lowest BCUT2D eigenvalue weighted by Gasteiger charge is -2.31. The van der Waals surface area contributed by atoms with Crippen molar-refractivity contribution in [2.75, 3.05) is 34.3 Å². The zero-order chi connectivity index (χ0) is 18.6. The predicted octanol–water partition coefficient (Wildman–Crippen LogP) is 2.14. The van der Waals surface area contributed by atoms with Crippen LogP contribution in [0.2, 0.25) is 0 Å². The Kier molecular flexibility index (Phi) is 6.46. The highest BCUT2D eigenvalue weighted by molar-refractivity contribution is 7.89. The van der Waals surface area contributed by atoms with Gasteiger partial charge in [0, 0.05) is 33.6 Å². The number of hydrogen-bond donors (Lipinski definition) is 0. The van der Waals surface area contributed by atoms with Crippen LogP contribution in [-0.4, -0.2) is 57.8 Å². The van der Waals surface area contributed by atoms with E-state index in [1.54, 1.807) is 19.2 Å². The molecule has 1 saturated heterocycles. The topological polar surface area (TPSA) is 66.9 Å². The molecule has 0 radical (unpaired) electrons. The maximum atomic E-state index is 12.5. The minimum atomic E-state index is -3.51. The number of amides is 1. The highest BCUT2D eigenvalue weighted by Crippen LogP contribution is 2.25. The molecule has 2 rings (SSSR count). The maximum absolute atomic E-state index is 12.5. The molecule has 1 atom stereocenters. The highest BCUT2D eigenvalue weighted by atomic mass is 32.2. The van der Waals surface area contributed by atoms with Crippen molar-refractivity contribution in [3.63, 3.8) is 0 Å². The van der Waals surface area contributed by atoms with E-state index in [0.717, 1.165) is 25.1 Å². The predicted molar refractivity (Wildman–Crippen MR) is 97.2 cm³/mol. The van der Waals surface area contributed by atoms with Crippen LogP contribution >= 0.6 is 0 Å². The SMILES string of the molecule is COc1ccc(S(=O)(=O)N(C)C)cc1CCC(=O)N1CCCC(C)C1. The minimum absolute atomic E-state index is 0.120. The fourth-order valence-electron chi connectivity index (χ4n) is 3.14. The monoisotopic (exact) mass is 368 g/mol. The fraction of sp³-hybridized carbons (Fsp3) is 0.611. The largest absolute Gasteiger partial charge is 0.496 e. The molecule has 1 unspecified atom stereocenters. The summed E-state index contributed by atoms with van der Waals surface area (Å²) < 4.78 is 31.1. The van der Waals surface area contributed by atoms with Crippen molar-refractivity contribution in [2.24, 2.45) is 5.92 Å². The third-order valence-corrected chi connectivity index (χ3v) is 6.46. The van der Waals surface area contributed by atoms with E-state index in [0.29, 0.717) is 24.5 Å². The number of likely N-dealkylation sites (tertiary alicyclic amines) is 1. The molecule has 25 heavy (non-hydrogen) atoms. The molecule has 6 nitrogen and oxygen atoms in total. The molecule has 1 aliphatic rings. The Hall–Kier alpha value is -1.60. The van der Waals surface area contributed by atoms with E-state index in [1.165, 1.54) is 30.9 Å². The standard InChI is InChI=1S/C18H28N2O4S/c1-14-6-5-11-20(13-14)18(21)10-7-15-12-16(8-9-17(15)24-4)25(22,23)19(2)3/h8-9,12,14H,5-7,10-11,13H2,1-4H3. The number of methoxy groups -OCH3 is 1. The molecule has 1 amide bonds. The second-order valence-corrected chi connectivity index (χ2v) is 9.00. The molecule has 7 heteroatoms. The smallest absolute Gasteiger partial charge is 0.242 e. The Morgan fingerprint density at radius 2 is 2.08 bits per heavy atom. The Balaban J connectivity index is 2.13. The summed E-state index contributed by atoms with van der Waals surface area (Å²) in [5.74, 6) is 1.27. The molecule has 1 fully saturated rings. The van der Waals surface area contributed by atoms with Crippen LogP contribution in [0.15, 0.2) is 23.1 Å². The molecule has 140 valence electrons. The first-order valence-electron chi connectivity index (χ1n) is 8.63. The molecule has 0 bridgehead atoms. The number of nitrogens with zero attached hydrogens (tertiary/aromatic N) is 2. The van der Waals surface area contributed by atoms with Gasteiger partial charge < -0.3 is 9.64 Å². The average Bonchev–Trinajstić information content (AvgIpc) is 2.59. The first kappa shape index (κ1) is 19.7. The summed E-state index contributed by atoms with van der Waals surface area (Å²) >= 11 is 0. The Morgan fingerprint density at radius 1 is 1.36 bits per heavy atom. The van der Waals surface area contributed by atoms with E-state index in [4.69, 9.17) is 4.74 Å². The molecule has 0 saturated carbocycles. The van der Waals surface area contributed by atoms with E-state index in [9.17, 15) is 13.2 Å². The van der Waals surface area contributed by atoms with Gasteiger partial charge in [0.25, 0.3) is 0 Å². The number of aryl methyl sites for hydroxylation is 1. The van der Waals surface area contributed by atoms with Crippen molar-refractivity contribution in [2.45, 2.75) is 37.5 Å². The zero-order valence-electron chi connectivity index (χ0n) is 15.5. The number of benzene rings is 1. The number of piperidine rings is 1. The van der Waals surface area contributed by atoms with Crippen molar-refractivity contribution in [3.8, 4) is 5.75 Å². The lowest BCUT2D eigenvalue weighted by molar-refractivity contribution is -0.132. The molecule has 0 spiro atoms. The molecule has 1 heterocycles. The molecular formula is C18H28N2O4S. The van der Waals surface area contributed by atoms with Gasteiger partial charge in [0.1, 0.15) is 5.75 Å². The van der Waals surface area contributed by atoms with Gasteiger partial charge in [-0.3, -0.25) is 4.79 Å². The third kappa shape index (κ3) is 4.73. The van der Waals surface area contributed by atoms with Gasteiger partial charge in [-0.15, -0.1) is 0 Å². The van der Waals surface area contributed by atoms with Crippen LogP contribution in [0.5, 0.6) is 5.75 Å². The number of carbonyl (C=O) groups is 1. The van der Waals surface area contributed by atoms with E-state index in [2.05, 4.69) is 6.92 Å². The maximum Gasteiger partial charge on any atom is 0.242 e. The normalized spacial score (nSPS) is 18.4. The Labute approximate surface area is 150 Å². The second kappa shape index (κ2) is 8.19. The quantitative estimate of drug-likeness (QED) is 0.771. The number of carbonyl (C=O) groups excluding carboxylic acids is 1. The fourth-order valence-corrected chi connectivity index (χ4v) is 4.09. The summed E-state index contributed by atoms with van der Waals surface area (Å²) in [6.07, 6.45) is 3.03. The number of hydrogen-bond acceptors (Lipinski definition) is 4. The summed E-state index contributed by atoms with van der Waals surface area (Å²) in [6.45, 7) is 3.79. The van der Waals surface area contributed by atoms with Crippen LogP contribution in [0.1, 0.15) is 31.7 Å². The van der Waals surface area contributed by atoms with Gasteiger partial charge >= 0.3 is 0 Å². The van der Waals surface area contributed by atoms with E-state index >= 15 is 0 Å². The van der Waals surface area contributed by atoms with Crippen LogP contribution < -0.4 is 4.74 Å². The molecule has 0 aliphatic carbocycles. The molecule has 0 aromatic heterocycles. The van der Waals surface area contributed by atoms with Crippen LogP contribution in [-0.2, 0) is 21.2 Å². The first-order valence-corrected chi connectivity index (χ1v) is 10.1. The first-order chi connectivity index (χ1) is 11.8. The van der Waals surface area contributed by atoms with E-state index in [-0.39, 0.29) is 10.8 Å². The summed E-state index contributed by atoms with van der Waals surface area (Å²) in [5, 5.41) is 0. The van der Waals surface area contributed by atoms with E-state index in [1.807, 2.05) is 4.90 Å². The second-order valence-electron chi connectivity index (χ2n) is 6.85. The van der Waals surface area contributed by atoms with Crippen molar-refractivity contribution < 1.29 is 17.9 Å². The molecule has 1 aromatic carbocycles. The minimum Gasteiger partial charge on any atom is -0.496 e. The molecule has 1 aromatic rings. The lowest BCUT2D eigenvalue weighted by atomic mass is 9.99. The summed E-state index contributed by atoms with van der Waals surface area (Å²) in [6, 6.07) is 4.80. The van der Waals surface area contributed by atoms with Crippen LogP contribution in [0.3, 0.4) is 0 Å². The molecular weight excluding hydrogens is 340 g/mol. The van der Waals surface area contributed by atoms with Gasteiger partial charge in [0.05, 0.1) is 12.0 Å². The molecule has 1 aliphatic heterocycles. The summed E-state index contributed by atoms with van der Waals surface area (Å²) in [5.41, 5.74) is 0.740. The van der Waals surface area contributed by atoms with Gasteiger partial charge in [0.2, 0.25) is 15.9 Å². The van der Waals surface area contributed by atoms with Crippen LogP contribution in [0.4, 0.5) is 0 Å². The lowest BCUT2D eigenvalue weighted by Crippen LogP contribution is -2.39. The van der Waals surface area contributed by atoms with Crippen molar-refractivity contribution in [1.29, 1.82) is 0 Å². The summed E-state index contributed by atoms with van der Waals surface area (Å²) in [7, 11) is 1.04. The Morgan fingerprint density at radius 3 is 2.68 bits per heavy atom. The van der Waals surface area contributed by atoms with Crippen molar-refractivity contribution >= 4 is 15.9 Å². The Bertz CT molecular complexity index is 716. The van der Waals surface area contributed by atoms with Gasteiger partial charge in [-0.1, -0.05) is 6.92 Å². The van der Waals surface area contributed by atoms with Crippen molar-refractivity contribution in [1.82, 2.24) is 9.21 Å². The van der Waals surface area contributed by atoms with Crippen molar-refractivity contribution in [3.05, 3.63) is 23.8 Å². The zero-order valence-corrected chi connectivity index (χ0v) is 16.3. The number of rotatable bonds is 6. The van der Waals surface area contributed by atoms with Crippen LogP contribution in [0, 0.1) is 5.92 Å². The summed E-state index contributed by atoms with van der Waals surface area (Å²) in [4.78, 5) is 14.6. The van der Waals surface area contributed by atoms with Gasteiger partial charge in [-0.25, -0.2) is 12.7 Å². The van der Waals surface area contributed by atoms with Crippen LogP contribution in [0.25, 0.3) is 0 Å². The molecule has 0 N–H and O–H groups in total.